The average Bonchev–Trinajstić information content (AvgIpc) is 2.93. The van der Waals surface area contributed by atoms with Crippen molar-refractivity contribution < 1.29 is 4.79 Å². The van der Waals surface area contributed by atoms with Crippen LogP contribution in [0.15, 0.2) is 12.7 Å². The molecule has 2 heterocycles. The average molecular weight is 349 g/mol. The Kier molecular flexibility index (Phi) is 5.66. The molecule has 2 aliphatic rings. The SMILES string of the molecule is C=CCn1nc(C(=O)N2CCSCC2)c2c1CC[C@H](NC(C)C)C2. The summed E-state index contributed by atoms with van der Waals surface area (Å²) in [5, 5.41) is 8.31. The maximum Gasteiger partial charge on any atom is 0.274 e. The van der Waals surface area contributed by atoms with Crippen molar-refractivity contribution in [2.24, 2.45) is 0 Å². The number of rotatable bonds is 5. The number of thioether (sulfide) groups is 1. The normalized spacial score (nSPS) is 21.0. The maximum atomic E-state index is 13.0. The van der Waals surface area contributed by atoms with Gasteiger partial charge in [0.15, 0.2) is 5.69 Å². The fraction of sp³-hybridized carbons (Fsp3) is 0.667. The van der Waals surface area contributed by atoms with E-state index < -0.39 is 0 Å². The van der Waals surface area contributed by atoms with Crippen molar-refractivity contribution in [3.05, 3.63) is 29.6 Å². The Bertz CT molecular complexity index is 604. The fourth-order valence-corrected chi connectivity index (χ4v) is 4.57. The third kappa shape index (κ3) is 3.70. The van der Waals surface area contributed by atoms with E-state index in [9.17, 15) is 4.79 Å². The smallest absolute Gasteiger partial charge is 0.274 e. The number of nitrogens with one attached hydrogen (secondary N) is 1. The third-order valence-corrected chi connectivity index (χ3v) is 5.66. The van der Waals surface area contributed by atoms with Crippen LogP contribution in [0.1, 0.15) is 42.0 Å². The highest BCUT2D eigenvalue weighted by molar-refractivity contribution is 7.99. The molecule has 0 bridgehead atoms. The summed E-state index contributed by atoms with van der Waals surface area (Å²) in [6.45, 7) is 10.5. The van der Waals surface area contributed by atoms with E-state index in [0.717, 1.165) is 49.4 Å². The highest BCUT2D eigenvalue weighted by Gasteiger charge is 2.31. The van der Waals surface area contributed by atoms with Crippen molar-refractivity contribution in [2.75, 3.05) is 24.6 Å². The zero-order valence-electron chi connectivity index (χ0n) is 14.8. The molecular formula is C18H28N4OS. The Morgan fingerprint density at radius 1 is 1.46 bits per heavy atom. The Morgan fingerprint density at radius 3 is 2.88 bits per heavy atom. The zero-order valence-corrected chi connectivity index (χ0v) is 15.6. The molecule has 1 saturated heterocycles. The molecule has 0 saturated carbocycles. The molecule has 3 rings (SSSR count). The third-order valence-electron chi connectivity index (χ3n) is 4.72. The van der Waals surface area contributed by atoms with E-state index in [0.29, 0.717) is 24.3 Å². The number of carbonyl (C=O) groups excluding carboxylic acids is 1. The molecule has 1 amide bonds. The van der Waals surface area contributed by atoms with E-state index in [2.05, 4.69) is 30.8 Å². The van der Waals surface area contributed by atoms with Crippen molar-refractivity contribution in [3.8, 4) is 0 Å². The first-order valence-electron chi connectivity index (χ1n) is 8.92. The molecule has 0 unspecified atom stereocenters. The molecular weight excluding hydrogens is 320 g/mol. The molecule has 1 atom stereocenters. The van der Waals surface area contributed by atoms with Crippen LogP contribution >= 0.6 is 11.8 Å². The molecule has 0 radical (unpaired) electrons. The standard InChI is InChI=1S/C18H28N4OS/c1-4-7-22-16-6-5-14(19-13(2)3)12-15(16)17(20-22)18(23)21-8-10-24-11-9-21/h4,13-14,19H,1,5-12H2,2-3H3/t14-/m0/s1. The second-order valence-corrected chi connectivity index (χ2v) is 8.14. The van der Waals surface area contributed by atoms with Crippen LogP contribution < -0.4 is 5.32 Å². The number of hydrogen-bond acceptors (Lipinski definition) is 4. The van der Waals surface area contributed by atoms with Gasteiger partial charge in [-0.1, -0.05) is 19.9 Å². The lowest BCUT2D eigenvalue weighted by molar-refractivity contribution is 0.0764. The summed E-state index contributed by atoms with van der Waals surface area (Å²) in [5.74, 6) is 2.16. The summed E-state index contributed by atoms with van der Waals surface area (Å²) in [5.41, 5.74) is 3.06. The number of amides is 1. The first-order chi connectivity index (χ1) is 11.6. The highest BCUT2D eigenvalue weighted by atomic mass is 32.2. The fourth-order valence-electron chi connectivity index (χ4n) is 3.66. The quantitative estimate of drug-likeness (QED) is 0.828. The van der Waals surface area contributed by atoms with Crippen molar-refractivity contribution in [1.29, 1.82) is 0 Å². The van der Waals surface area contributed by atoms with Crippen LogP contribution in [0.25, 0.3) is 0 Å². The van der Waals surface area contributed by atoms with Crippen LogP contribution in [-0.4, -0.2) is 57.3 Å². The van der Waals surface area contributed by atoms with Gasteiger partial charge in [0.2, 0.25) is 0 Å². The van der Waals surface area contributed by atoms with Gasteiger partial charge in [0.1, 0.15) is 0 Å². The van der Waals surface area contributed by atoms with Crippen molar-refractivity contribution in [3.63, 3.8) is 0 Å². The van der Waals surface area contributed by atoms with Gasteiger partial charge < -0.3 is 10.2 Å². The molecule has 1 aliphatic heterocycles. The minimum absolute atomic E-state index is 0.111. The van der Waals surface area contributed by atoms with Gasteiger partial charge in [0, 0.05) is 47.9 Å². The summed E-state index contributed by atoms with van der Waals surface area (Å²) >= 11 is 1.92. The van der Waals surface area contributed by atoms with Crippen LogP contribution in [0.5, 0.6) is 0 Å². The first-order valence-corrected chi connectivity index (χ1v) is 10.1. The van der Waals surface area contributed by atoms with Gasteiger partial charge in [0.25, 0.3) is 5.91 Å². The van der Waals surface area contributed by atoms with Gasteiger partial charge in [-0.05, 0) is 19.3 Å². The van der Waals surface area contributed by atoms with E-state index in [1.807, 2.05) is 27.4 Å². The van der Waals surface area contributed by atoms with Crippen molar-refractivity contribution >= 4 is 17.7 Å². The predicted octanol–water partition coefficient (Wildman–Crippen LogP) is 2.11. The Hall–Kier alpha value is -1.27. The monoisotopic (exact) mass is 348 g/mol. The lowest BCUT2D eigenvalue weighted by Gasteiger charge is -2.28. The molecule has 132 valence electrons. The number of allylic oxidation sites excluding steroid dienone is 1. The number of aromatic nitrogens is 2. The van der Waals surface area contributed by atoms with E-state index >= 15 is 0 Å². The molecule has 1 fully saturated rings. The van der Waals surface area contributed by atoms with Crippen LogP contribution in [-0.2, 0) is 19.4 Å². The van der Waals surface area contributed by atoms with E-state index in [-0.39, 0.29) is 5.91 Å². The summed E-state index contributed by atoms with van der Waals surface area (Å²) < 4.78 is 1.99. The molecule has 24 heavy (non-hydrogen) atoms. The summed E-state index contributed by atoms with van der Waals surface area (Å²) in [7, 11) is 0. The minimum Gasteiger partial charge on any atom is -0.336 e. The lowest BCUT2D eigenvalue weighted by atomic mass is 9.90. The Labute approximate surface area is 148 Å². The van der Waals surface area contributed by atoms with Gasteiger partial charge in [-0.15, -0.1) is 6.58 Å². The van der Waals surface area contributed by atoms with Crippen LogP contribution in [0.4, 0.5) is 0 Å². The first kappa shape index (κ1) is 17.5. The minimum atomic E-state index is 0.111. The molecule has 6 heteroatoms. The highest BCUT2D eigenvalue weighted by Crippen LogP contribution is 2.27. The second-order valence-electron chi connectivity index (χ2n) is 6.91. The zero-order chi connectivity index (χ0) is 17.1. The molecule has 0 aromatic carbocycles. The van der Waals surface area contributed by atoms with E-state index in [4.69, 9.17) is 0 Å². The van der Waals surface area contributed by atoms with Crippen LogP contribution in [0, 0.1) is 0 Å². The van der Waals surface area contributed by atoms with Crippen LogP contribution in [0.3, 0.4) is 0 Å². The van der Waals surface area contributed by atoms with Crippen molar-refractivity contribution in [2.45, 2.75) is 51.7 Å². The molecule has 1 aliphatic carbocycles. The van der Waals surface area contributed by atoms with E-state index in [1.54, 1.807) is 0 Å². The molecule has 1 aromatic heterocycles. The van der Waals surface area contributed by atoms with Gasteiger partial charge in [-0.3, -0.25) is 9.48 Å². The second kappa shape index (κ2) is 7.74. The Balaban J connectivity index is 1.88. The van der Waals surface area contributed by atoms with Gasteiger partial charge in [0.05, 0.1) is 6.54 Å². The maximum absolute atomic E-state index is 13.0. The number of hydrogen-bond donors (Lipinski definition) is 1. The summed E-state index contributed by atoms with van der Waals surface area (Å²) in [6.07, 6.45) is 4.83. The van der Waals surface area contributed by atoms with Crippen molar-refractivity contribution in [1.82, 2.24) is 20.0 Å². The number of fused-ring (bicyclic) bond motifs is 1. The topological polar surface area (TPSA) is 50.2 Å². The molecule has 1 aromatic rings. The number of nitrogens with zero attached hydrogens (tertiary/aromatic N) is 3. The van der Waals surface area contributed by atoms with Gasteiger partial charge in [-0.25, -0.2) is 0 Å². The lowest BCUT2D eigenvalue weighted by Crippen LogP contribution is -2.41. The molecule has 5 nitrogen and oxygen atoms in total. The van der Waals surface area contributed by atoms with Gasteiger partial charge in [-0.2, -0.15) is 16.9 Å². The predicted molar refractivity (Wildman–Crippen MR) is 99.7 cm³/mol. The number of carbonyl (C=O) groups is 1. The summed E-state index contributed by atoms with van der Waals surface area (Å²) in [6, 6.07) is 0.889. The Morgan fingerprint density at radius 2 is 2.21 bits per heavy atom. The largest absolute Gasteiger partial charge is 0.336 e. The van der Waals surface area contributed by atoms with Crippen LogP contribution in [0.2, 0.25) is 0 Å². The van der Waals surface area contributed by atoms with E-state index in [1.165, 1.54) is 5.69 Å². The summed E-state index contributed by atoms with van der Waals surface area (Å²) in [4.78, 5) is 15.0. The molecule has 1 N–H and O–H groups in total. The molecule has 0 spiro atoms. The van der Waals surface area contributed by atoms with Gasteiger partial charge >= 0.3 is 0 Å².